The third kappa shape index (κ3) is 2.69. The molecule has 0 saturated carbocycles. The van der Waals surface area contributed by atoms with Crippen LogP contribution in [0.1, 0.15) is 10.4 Å². The van der Waals surface area contributed by atoms with Crippen molar-refractivity contribution in [2.24, 2.45) is 0 Å². The molecule has 20 heavy (non-hydrogen) atoms. The Balaban J connectivity index is 2.32. The van der Waals surface area contributed by atoms with Crippen molar-refractivity contribution in [3.63, 3.8) is 0 Å². The van der Waals surface area contributed by atoms with Crippen LogP contribution in [0.25, 0.3) is 0 Å². The highest BCUT2D eigenvalue weighted by Crippen LogP contribution is 2.26. The second kappa shape index (κ2) is 5.31. The second-order valence-corrected chi connectivity index (χ2v) is 3.82. The summed E-state index contributed by atoms with van der Waals surface area (Å²) in [5.41, 5.74) is 4.70. The molecule has 7 nitrogen and oxygen atoms in total. The number of halogens is 1. The van der Waals surface area contributed by atoms with Crippen molar-refractivity contribution in [1.29, 1.82) is 0 Å². The van der Waals surface area contributed by atoms with Gasteiger partial charge >= 0.3 is 5.69 Å². The molecule has 2 aromatic rings. The summed E-state index contributed by atoms with van der Waals surface area (Å²) >= 11 is 0. The van der Waals surface area contributed by atoms with Crippen LogP contribution >= 0.6 is 0 Å². The Morgan fingerprint density at radius 3 is 2.70 bits per heavy atom. The first-order valence-corrected chi connectivity index (χ1v) is 5.45. The van der Waals surface area contributed by atoms with Crippen LogP contribution in [0.4, 0.5) is 21.6 Å². The molecule has 1 aromatic carbocycles. The van der Waals surface area contributed by atoms with E-state index in [9.17, 15) is 19.3 Å². The number of nitrogens with zero attached hydrogens (tertiary/aromatic N) is 2. The Morgan fingerprint density at radius 1 is 1.35 bits per heavy atom. The topological polar surface area (TPSA) is 111 Å². The number of nitrogen functional groups attached to an aromatic ring is 1. The number of amides is 1. The number of hydrogen-bond donors (Lipinski definition) is 2. The lowest BCUT2D eigenvalue weighted by Gasteiger charge is -2.06. The van der Waals surface area contributed by atoms with Crippen LogP contribution in [-0.4, -0.2) is 15.8 Å². The Labute approximate surface area is 112 Å². The molecule has 1 amide bonds. The molecule has 0 fully saturated rings. The number of para-hydroxylation sites is 1. The van der Waals surface area contributed by atoms with E-state index in [1.165, 1.54) is 24.3 Å². The summed E-state index contributed by atoms with van der Waals surface area (Å²) in [6.45, 7) is 0. The van der Waals surface area contributed by atoms with Crippen molar-refractivity contribution >= 4 is 23.1 Å². The maximum Gasteiger partial charge on any atom is 0.304 e. The predicted molar refractivity (Wildman–Crippen MR) is 69.7 cm³/mol. The van der Waals surface area contributed by atoms with Gasteiger partial charge in [-0.05, 0) is 24.3 Å². The minimum atomic E-state index is -0.747. The Hall–Kier alpha value is -3.03. The van der Waals surface area contributed by atoms with Crippen LogP contribution in [0.15, 0.2) is 36.5 Å². The fraction of sp³-hybridized carbons (Fsp3) is 0. The zero-order valence-corrected chi connectivity index (χ0v) is 10.0. The monoisotopic (exact) mass is 276 g/mol. The summed E-state index contributed by atoms with van der Waals surface area (Å²) in [6.07, 6.45) is 0.920. The fourth-order valence-corrected chi connectivity index (χ4v) is 1.58. The number of pyridine rings is 1. The molecule has 0 bridgehead atoms. The Bertz CT molecular complexity index is 673. The molecule has 0 aliphatic carbocycles. The van der Waals surface area contributed by atoms with Gasteiger partial charge in [0.2, 0.25) is 0 Å². The summed E-state index contributed by atoms with van der Waals surface area (Å²) in [5, 5.41) is 13.3. The van der Waals surface area contributed by atoms with Crippen molar-refractivity contribution in [2.45, 2.75) is 0 Å². The minimum absolute atomic E-state index is 0.0770. The van der Waals surface area contributed by atoms with Gasteiger partial charge in [-0.25, -0.2) is 9.37 Å². The van der Waals surface area contributed by atoms with Crippen LogP contribution in [-0.2, 0) is 0 Å². The lowest BCUT2D eigenvalue weighted by Crippen LogP contribution is -2.15. The van der Waals surface area contributed by atoms with Gasteiger partial charge in [-0.15, -0.1) is 0 Å². The van der Waals surface area contributed by atoms with E-state index in [0.29, 0.717) is 0 Å². The first-order valence-electron chi connectivity index (χ1n) is 5.45. The first kappa shape index (κ1) is 13.4. The SMILES string of the molecule is Nc1cccc(C(=O)Nc2ccc(F)cn2)c1[N+](=O)[O-]. The standard InChI is InChI=1S/C12H9FN4O3/c13-7-4-5-10(15-6-7)16-12(18)8-2-1-3-9(14)11(8)17(19)20/h1-6H,14H2,(H,15,16,18). The summed E-state index contributed by atoms with van der Waals surface area (Å²) in [4.78, 5) is 25.8. The molecule has 0 aliphatic heterocycles. The lowest BCUT2D eigenvalue weighted by atomic mass is 10.1. The second-order valence-electron chi connectivity index (χ2n) is 3.82. The fourth-order valence-electron chi connectivity index (χ4n) is 1.58. The van der Waals surface area contributed by atoms with Gasteiger partial charge in [0.05, 0.1) is 11.1 Å². The number of nitro groups is 1. The summed E-state index contributed by atoms with van der Waals surface area (Å²) in [5.74, 6) is -1.23. The van der Waals surface area contributed by atoms with Crippen LogP contribution in [0.2, 0.25) is 0 Å². The predicted octanol–water partition coefficient (Wildman–Crippen LogP) is 1.96. The van der Waals surface area contributed by atoms with Crippen molar-refractivity contribution in [2.75, 3.05) is 11.1 Å². The van der Waals surface area contributed by atoms with E-state index < -0.39 is 22.3 Å². The average Bonchev–Trinajstić information content (AvgIpc) is 2.40. The zero-order valence-electron chi connectivity index (χ0n) is 10.0. The third-order valence-electron chi connectivity index (χ3n) is 2.46. The highest BCUT2D eigenvalue weighted by molar-refractivity contribution is 6.07. The van der Waals surface area contributed by atoms with E-state index in [1.807, 2.05) is 0 Å². The van der Waals surface area contributed by atoms with Crippen LogP contribution < -0.4 is 11.1 Å². The smallest absolute Gasteiger partial charge is 0.304 e. The van der Waals surface area contributed by atoms with E-state index in [4.69, 9.17) is 5.73 Å². The van der Waals surface area contributed by atoms with Gasteiger partial charge in [0.25, 0.3) is 5.91 Å². The maximum atomic E-state index is 12.7. The van der Waals surface area contributed by atoms with E-state index in [0.717, 1.165) is 12.3 Å². The maximum absolute atomic E-state index is 12.7. The number of aromatic nitrogens is 1. The number of nitrogens with two attached hydrogens (primary N) is 1. The molecule has 1 heterocycles. The summed E-state index contributed by atoms with van der Waals surface area (Å²) in [6, 6.07) is 6.37. The van der Waals surface area contributed by atoms with Gasteiger partial charge in [0, 0.05) is 0 Å². The van der Waals surface area contributed by atoms with Gasteiger partial charge in [-0.1, -0.05) is 6.07 Å². The number of hydrogen-bond acceptors (Lipinski definition) is 5. The molecule has 0 aliphatic rings. The number of carbonyl (C=O) groups is 1. The summed E-state index contributed by atoms with van der Waals surface area (Å²) < 4.78 is 12.7. The molecule has 8 heteroatoms. The number of nitro benzene ring substituents is 1. The molecular formula is C12H9FN4O3. The molecule has 102 valence electrons. The minimum Gasteiger partial charge on any atom is -0.393 e. The molecule has 0 spiro atoms. The molecule has 2 rings (SSSR count). The van der Waals surface area contributed by atoms with Crippen LogP contribution in [0.5, 0.6) is 0 Å². The van der Waals surface area contributed by atoms with E-state index >= 15 is 0 Å². The van der Waals surface area contributed by atoms with Crippen molar-refractivity contribution in [3.8, 4) is 0 Å². The van der Waals surface area contributed by atoms with Crippen molar-refractivity contribution in [1.82, 2.24) is 4.98 Å². The normalized spacial score (nSPS) is 10.1. The Morgan fingerprint density at radius 2 is 2.10 bits per heavy atom. The molecule has 0 unspecified atom stereocenters. The van der Waals surface area contributed by atoms with E-state index in [2.05, 4.69) is 10.3 Å². The van der Waals surface area contributed by atoms with Gasteiger partial charge in [-0.2, -0.15) is 0 Å². The van der Waals surface area contributed by atoms with Gasteiger partial charge in [0.1, 0.15) is 22.9 Å². The van der Waals surface area contributed by atoms with Crippen molar-refractivity contribution < 1.29 is 14.1 Å². The molecule has 3 N–H and O–H groups in total. The number of anilines is 2. The molecule has 0 radical (unpaired) electrons. The first-order chi connectivity index (χ1) is 9.49. The molecule has 1 aromatic heterocycles. The number of nitrogens with one attached hydrogen (secondary N) is 1. The summed E-state index contributed by atoms with van der Waals surface area (Å²) in [7, 11) is 0. The average molecular weight is 276 g/mol. The van der Waals surface area contributed by atoms with E-state index in [1.54, 1.807) is 0 Å². The van der Waals surface area contributed by atoms with E-state index in [-0.39, 0.29) is 17.1 Å². The third-order valence-corrected chi connectivity index (χ3v) is 2.46. The zero-order chi connectivity index (χ0) is 14.7. The van der Waals surface area contributed by atoms with Gasteiger partial charge in [0.15, 0.2) is 0 Å². The lowest BCUT2D eigenvalue weighted by molar-refractivity contribution is -0.384. The number of benzene rings is 1. The van der Waals surface area contributed by atoms with Crippen LogP contribution in [0.3, 0.4) is 0 Å². The highest BCUT2D eigenvalue weighted by atomic mass is 19.1. The molecular weight excluding hydrogens is 267 g/mol. The highest BCUT2D eigenvalue weighted by Gasteiger charge is 2.23. The van der Waals surface area contributed by atoms with Crippen LogP contribution in [0, 0.1) is 15.9 Å². The quantitative estimate of drug-likeness (QED) is 0.505. The number of carbonyl (C=O) groups excluding carboxylic acids is 1. The van der Waals surface area contributed by atoms with Gasteiger partial charge in [-0.3, -0.25) is 14.9 Å². The molecule has 0 saturated heterocycles. The molecule has 0 atom stereocenters. The van der Waals surface area contributed by atoms with Crippen molar-refractivity contribution in [3.05, 3.63) is 58.0 Å². The number of rotatable bonds is 3. The Kier molecular flexibility index (Phi) is 3.56. The van der Waals surface area contributed by atoms with Gasteiger partial charge < -0.3 is 11.1 Å². The largest absolute Gasteiger partial charge is 0.393 e.